The number of fused-ring (bicyclic) bond motifs is 1. The second-order valence-corrected chi connectivity index (χ2v) is 4.56. The van der Waals surface area contributed by atoms with Crippen molar-refractivity contribution in [2.24, 2.45) is 5.92 Å². The van der Waals surface area contributed by atoms with E-state index in [1.807, 2.05) is 38.1 Å². The predicted molar refractivity (Wildman–Crippen MR) is 72.4 cm³/mol. The van der Waals surface area contributed by atoms with E-state index in [9.17, 15) is 0 Å². The summed E-state index contributed by atoms with van der Waals surface area (Å²) < 4.78 is 0. The number of aromatic amines is 1. The Morgan fingerprint density at radius 1 is 1.26 bits per heavy atom. The molecule has 1 aromatic heterocycles. The summed E-state index contributed by atoms with van der Waals surface area (Å²) >= 11 is 0. The van der Waals surface area contributed by atoms with Crippen LogP contribution >= 0.6 is 0 Å². The van der Waals surface area contributed by atoms with Crippen LogP contribution in [-0.2, 0) is 0 Å². The number of nitrogens with two attached hydrogens (primary N) is 1. The van der Waals surface area contributed by atoms with Gasteiger partial charge < -0.3 is 10.7 Å². The number of imidazole rings is 1. The fourth-order valence-corrected chi connectivity index (χ4v) is 1.85. The number of H-pyrrole nitrogens is 1. The second kappa shape index (κ2) is 4.83. The highest BCUT2D eigenvalue weighted by molar-refractivity contribution is 5.67. The Labute approximate surface area is 110 Å². The molecule has 94 valence electrons. The van der Waals surface area contributed by atoms with E-state index in [4.69, 9.17) is 16.3 Å². The van der Waals surface area contributed by atoms with Gasteiger partial charge in [0.15, 0.2) is 5.95 Å². The molecule has 0 amide bonds. The number of nitrogens with zero attached hydrogens (tertiary/aromatic N) is 3. The first-order valence-corrected chi connectivity index (χ1v) is 5.86. The largest absolute Gasteiger partial charge is 0.369 e. The zero-order valence-corrected chi connectivity index (χ0v) is 10.7. The van der Waals surface area contributed by atoms with Crippen molar-refractivity contribution in [2.75, 3.05) is 5.73 Å². The minimum absolute atomic E-state index is 0.0703. The van der Waals surface area contributed by atoms with Crippen molar-refractivity contribution in [3.63, 3.8) is 0 Å². The smallest absolute Gasteiger partial charge is 0.198 e. The summed E-state index contributed by atoms with van der Waals surface area (Å²) in [6.07, 6.45) is 5.49. The fourth-order valence-electron chi connectivity index (χ4n) is 1.85. The zero-order valence-electron chi connectivity index (χ0n) is 10.7. The molecule has 0 bridgehead atoms. The first kappa shape index (κ1) is 12.7. The highest BCUT2D eigenvalue weighted by Gasteiger charge is 2.10. The molecule has 0 saturated carbocycles. The summed E-state index contributed by atoms with van der Waals surface area (Å²) in [6.45, 7) is 4.09. The molecule has 1 aromatic rings. The zero-order chi connectivity index (χ0) is 14.0. The molecule has 0 saturated heterocycles. The molecule has 0 spiro atoms. The first-order valence-electron chi connectivity index (χ1n) is 5.86. The van der Waals surface area contributed by atoms with Crippen LogP contribution in [0.4, 0.5) is 5.95 Å². The Balaban J connectivity index is 2.83. The van der Waals surface area contributed by atoms with Crippen molar-refractivity contribution in [3.8, 4) is 12.1 Å². The lowest BCUT2D eigenvalue weighted by Crippen LogP contribution is -2.24. The van der Waals surface area contributed by atoms with Crippen molar-refractivity contribution in [3.05, 3.63) is 33.5 Å². The lowest BCUT2D eigenvalue weighted by atomic mass is 9.99. The van der Waals surface area contributed by atoms with Gasteiger partial charge in [0.25, 0.3) is 0 Å². The number of rotatable bonds is 1. The van der Waals surface area contributed by atoms with Crippen molar-refractivity contribution in [1.82, 2.24) is 9.97 Å². The molecule has 5 nitrogen and oxygen atoms in total. The normalized spacial score (nSPS) is 13.3. The van der Waals surface area contributed by atoms with Crippen LogP contribution < -0.4 is 16.4 Å². The van der Waals surface area contributed by atoms with Crippen LogP contribution in [0.25, 0.3) is 12.2 Å². The summed E-state index contributed by atoms with van der Waals surface area (Å²) in [5, 5.41) is 19.4. The molecule has 0 unspecified atom stereocenters. The monoisotopic (exact) mass is 251 g/mol. The van der Waals surface area contributed by atoms with E-state index in [2.05, 4.69) is 9.97 Å². The van der Waals surface area contributed by atoms with Crippen LogP contribution in [0.5, 0.6) is 0 Å². The van der Waals surface area contributed by atoms with Crippen molar-refractivity contribution in [2.45, 2.75) is 13.8 Å². The Morgan fingerprint density at radius 2 is 1.95 bits per heavy atom. The number of anilines is 1. The van der Waals surface area contributed by atoms with Crippen molar-refractivity contribution >= 4 is 18.1 Å². The average molecular weight is 251 g/mol. The molecule has 0 aromatic carbocycles. The summed E-state index contributed by atoms with van der Waals surface area (Å²) in [5.41, 5.74) is 7.29. The molecule has 1 aliphatic carbocycles. The van der Waals surface area contributed by atoms with E-state index in [-0.39, 0.29) is 11.5 Å². The Hall–Kier alpha value is -2.79. The van der Waals surface area contributed by atoms with Gasteiger partial charge in [0, 0.05) is 5.57 Å². The molecule has 0 fully saturated rings. The van der Waals surface area contributed by atoms with Gasteiger partial charge in [-0.15, -0.1) is 0 Å². The van der Waals surface area contributed by atoms with Gasteiger partial charge in [-0.25, -0.2) is 4.98 Å². The van der Waals surface area contributed by atoms with Gasteiger partial charge >= 0.3 is 0 Å². The molecule has 0 atom stereocenters. The highest BCUT2D eigenvalue weighted by Crippen LogP contribution is 2.18. The van der Waals surface area contributed by atoms with E-state index in [1.165, 1.54) is 0 Å². The quantitative estimate of drug-likeness (QED) is 0.709. The van der Waals surface area contributed by atoms with E-state index < -0.39 is 0 Å². The first-order chi connectivity index (χ1) is 9.05. The minimum atomic E-state index is 0.0703. The summed E-state index contributed by atoms with van der Waals surface area (Å²) in [6, 6.07) is 3.81. The second-order valence-electron chi connectivity index (χ2n) is 4.56. The van der Waals surface area contributed by atoms with E-state index in [0.717, 1.165) is 10.9 Å². The van der Waals surface area contributed by atoms with Gasteiger partial charge in [0.05, 0.1) is 10.7 Å². The summed E-state index contributed by atoms with van der Waals surface area (Å²) in [7, 11) is 0. The number of allylic oxidation sites excluding steroid dienone is 4. The third-order valence-corrected chi connectivity index (χ3v) is 2.88. The minimum Gasteiger partial charge on any atom is -0.369 e. The Morgan fingerprint density at radius 3 is 2.53 bits per heavy atom. The van der Waals surface area contributed by atoms with Crippen LogP contribution in [0.15, 0.2) is 22.8 Å². The maximum atomic E-state index is 9.01. The Kier molecular flexibility index (Phi) is 3.22. The Bertz CT molecular complexity index is 759. The van der Waals surface area contributed by atoms with Crippen LogP contribution in [0.1, 0.15) is 13.8 Å². The molecular formula is C14H13N5. The van der Waals surface area contributed by atoms with Crippen molar-refractivity contribution < 1.29 is 0 Å². The van der Waals surface area contributed by atoms with E-state index in [1.54, 1.807) is 6.08 Å². The van der Waals surface area contributed by atoms with Gasteiger partial charge in [-0.05, 0) is 29.7 Å². The summed E-state index contributed by atoms with van der Waals surface area (Å²) in [4.78, 5) is 7.12. The number of hydrogen-bond acceptors (Lipinski definition) is 4. The highest BCUT2D eigenvalue weighted by atomic mass is 15.0. The van der Waals surface area contributed by atoms with Gasteiger partial charge in [-0.1, -0.05) is 13.8 Å². The predicted octanol–water partition coefficient (Wildman–Crippen LogP) is 0.493. The van der Waals surface area contributed by atoms with Gasteiger partial charge in [0.1, 0.15) is 17.7 Å². The van der Waals surface area contributed by atoms with Crippen LogP contribution in [0.2, 0.25) is 0 Å². The van der Waals surface area contributed by atoms with Crippen molar-refractivity contribution in [1.29, 1.82) is 10.5 Å². The molecule has 1 heterocycles. The lowest BCUT2D eigenvalue weighted by molar-refractivity contribution is 0.801. The third kappa shape index (κ3) is 2.41. The molecule has 19 heavy (non-hydrogen) atoms. The number of nitrogens with one attached hydrogen (secondary N) is 1. The molecule has 1 aliphatic rings. The number of hydrogen-bond donors (Lipinski definition) is 2. The van der Waals surface area contributed by atoms with E-state index >= 15 is 0 Å². The molecule has 3 N–H and O–H groups in total. The van der Waals surface area contributed by atoms with Gasteiger partial charge in [0.2, 0.25) is 0 Å². The molecule has 5 heteroatoms. The van der Waals surface area contributed by atoms with Crippen LogP contribution in [0.3, 0.4) is 0 Å². The average Bonchev–Trinajstić information content (AvgIpc) is 2.59. The van der Waals surface area contributed by atoms with Crippen LogP contribution in [-0.4, -0.2) is 9.97 Å². The third-order valence-electron chi connectivity index (χ3n) is 2.88. The van der Waals surface area contributed by atoms with Gasteiger partial charge in [-0.2, -0.15) is 10.5 Å². The van der Waals surface area contributed by atoms with Gasteiger partial charge in [-0.3, -0.25) is 0 Å². The SMILES string of the molecule is CC(C)C1=CC(=C(C#N)C#N)C=c2nc(N)[nH]c2=C1. The summed E-state index contributed by atoms with van der Waals surface area (Å²) in [5.74, 6) is 0.579. The van der Waals surface area contributed by atoms with Crippen LogP contribution in [0, 0.1) is 28.6 Å². The molecule has 0 aliphatic heterocycles. The molecule has 2 rings (SSSR count). The number of aromatic nitrogens is 2. The number of nitriles is 2. The fraction of sp³-hybridized carbons (Fsp3) is 0.214. The standard InChI is InChI=1S/C14H13N5/c1-8(2)9-3-10(11(6-15)7-16)5-13-12(4-9)18-14(17)19-13/h3-5,8H,1-2H3,(H3,17,18,19). The lowest BCUT2D eigenvalue weighted by Gasteiger charge is -2.05. The topological polar surface area (TPSA) is 102 Å². The molecule has 0 radical (unpaired) electrons. The molecular weight excluding hydrogens is 238 g/mol. The maximum absolute atomic E-state index is 9.01. The number of nitrogen functional groups attached to an aromatic ring is 1. The maximum Gasteiger partial charge on any atom is 0.198 e. The van der Waals surface area contributed by atoms with E-state index in [0.29, 0.717) is 16.9 Å².